The molecule has 2 aromatic rings. The third kappa shape index (κ3) is 3.91. The molecule has 0 aliphatic carbocycles. The summed E-state index contributed by atoms with van der Waals surface area (Å²) in [5, 5.41) is 2.73. The van der Waals surface area contributed by atoms with Crippen LogP contribution >= 0.6 is 0 Å². The fourth-order valence-electron chi connectivity index (χ4n) is 2.92. The highest BCUT2D eigenvalue weighted by Gasteiger charge is 2.22. The predicted octanol–water partition coefficient (Wildman–Crippen LogP) is 2.69. The van der Waals surface area contributed by atoms with Gasteiger partial charge in [-0.15, -0.1) is 0 Å². The Morgan fingerprint density at radius 1 is 1.16 bits per heavy atom. The monoisotopic (exact) mass is 341 g/mol. The van der Waals surface area contributed by atoms with Crippen molar-refractivity contribution in [3.63, 3.8) is 0 Å². The summed E-state index contributed by atoms with van der Waals surface area (Å²) in [5.74, 6) is 0. The lowest BCUT2D eigenvalue weighted by molar-refractivity contribution is 0.0627. The van der Waals surface area contributed by atoms with Gasteiger partial charge in [0.1, 0.15) is 5.69 Å². The van der Waals surface area contributed by atoms with Crippen LogP contribution in [-0.4, -0.2) is 35.2 Å². The van der Waals surface area contributed by atoms with Crippen LogP contribution in [0.25, 0.3) is 0 Å². The van der Waals surface area contributed by atoms with Crippen LogP contribution in [0.15, 0.2) is 47.3 Å². The predicted molar refractivity (Wildman–Crippen MR) is 96.8 cm³/mol. The molecule has 0 saturated carbocycles. The number of aromatic nitrogens is 1. The highest BCUT2D eigenvalue weighted by Crippen LogP contribution is 2.23. The van der Waals surface area contributed by atoms with E-state index in [0.717, 1.165) is 17.7 Å². The van der Waals surface area contributed by atoms with Crippen LogP contribution in [0.4, 0.5) is 10.5 Å². The van der Waals surface area contributed by atoms with E-state index in [1.807, 2.05) is 43.3 Å². The number of carbonyl (C=O) groups excluding carboxylic acids is 1. The zero-order valence-corrected chi connectivity index (χ0v) is 14.6. The SMILES string of the molecule is Cc1ccc(NC(=O)N2CCOC(c3ccccc3)CC2)c(=O)n1C. The number of aryl methyl sites for hydroxylation is 1. The molecule has 1 saturated heterocycles. The fraction of sp³-hybridized carbons (Fsp3) is 0.368. The minimum atomic E-state index is -0.265. The van der Waals surface area contributed by atoms with E-state index >= 15 is 0 Å². The Balaban J connectivity index is 1.66. The first-order valence-corrected chi connectivity index (χ1v) is 8.45. The van der Waals surface area contributed by atoms with Gasteiger partial charge in [0.15, 0.2) is 0 Å². The summed E-state index contributed by atoms with van der Waals surface area (Å²) in [6, 6.07) is 13.2. The zero-order valence-electron chi connectivity index (χ0n) is 14.6. The molecule has 2 heterocycles. The normalized spacial score (nSPS) is 17.8. The average Bonchev–Trinajstić information content (AvgIpc) is 2.89. The first kappa shape index (κ1) is 17.2. The van der Waals surface area contributed by atoms with Gasteiger partial charge in [-0.3, -0.25) is 4.79 Å². The molecule has 3 rings (SSSR count). The van der Waals surface area contributed by atoms with Crippen molar-refractivity contribution in [3.8, 4) is 0 Å². The number of amides is 2. The number of urea groups is 1. The molecule has 25 heavy (non-hydrogen) atoms. The Bertz CT molecular complexity index is 801. The third-order valence-corrected chi connectivity index (χ3v) is 4.60. The number of carbonyl (C=O) groups is 1. The summed E-state index contributed by atoms with van der Waals surface area (Å²) in [6.45, 7) is 3.40. The Morgan fingerprint density at radius 2 is 1.92 bits per heavy atom. The number of nitrogens with one attached hydrogen (secondary N) is 1. The van der Waals surface area contributed by atoms with Gasteiger partial charge in [0.2, 0.25) is 0 Å². The first-order chi connectivity index (χ1) is 12.1. The largest absolute Gasteiger partial charge is 0.372 e. The molecule has 1 unspecified atom stereocenters. The van der Waals surface area contributed by atoms with E-state index in [-0.39, 0.29) is 17.7 Å². The van der Waals surface area contributed by atoms with Crippen molar-refractivity contribution >= 4 is 11.7 Å². The fourth-order valence-corrected chi connectivity index (χ4v) is 2.92. The van der Waals surface area contributed by atoms with E-state index < -0.39 is 0 Å². The number of ether oxygens (including phenoxy) is 1. The van der Waals surface area contributed by atoms with E-state index in [0.29, 0.717) is 25.4 Å². The highest BCUT2D eigenvalue weighted by atomic mass is 16.5. The highest BCUT2D eigenvalue weighted by molar-refractivity contribution is 5.89. The van der Waals surface area contributed by atoms with E-state index in [1.165, 1.54) is 4.57 Å². The second kappa shape index (κ2) is 7.53. The van der Waals surface area contributed by atoms with Gasteiger partial charge < -0.3 is 19.5 Å². The van der Waals surface area contributed by atoms with Crippen molar-refractivity contribution in [1.82, 2.24) is 9.47 Å². The molecular formula is C19H23N3O3. The van der Waals surface area contributed by atoms with Gasteiger partial charge in [-0.2, -0.15) is 0 Å². The molecule has 6 heteroatoms. The molecular weight excluding hydrogens is 318 g/mol. The average molecular weight is 341 g/mol. The van der Waals surface area contributed by atoms with Crippen LogP contribution in [-0.2, 0) is 11.8 Å². The Morgan fingerprint density at radius 3 is 2.68 bits per heavy atom. The Kier molecular flexibility index (Phi) is 5.19. The van der Waals surface area contributed by atoms with Gasteiger partial charge in [0, 0.05) is 25.8 Å². The van der Waals surface area contributed by atoms with Gasteiger partial charge in [-0.25, -0.2) is 4.79 Å². The summed E-state index contributed by atoms with van der Waals surface area (Å²) in [6.07, 6.45) is 0.717. The first-order valence-electron chi connectivity index (χ1n) is 8.45. The molecule has 1 aromatic carbocycles. The standard InChI is InChI=1S/C19H23N3O3/c1-14-8-9-16(18(23)21(14)2)20-19(24)22-11-10-17(25-13-12-22)15-6-4-3-5-7-15/h3-9,17H,10-13H2,1-2H3,(H,20,24). The second-order valence-electron chi connectivity index (χ2n) is 6.23. The lowest BCUT2D eigenvalue weighted by Gasteiger charge is -2.20. The van der Waals surface area contributed by atoms with Gasteiger partial charge in [0.05, 0.1) is 12.7 Å². The molecule has 1 aromatic heterocycles. The minimum absolute atomic E-state index is 0.00811. The summed E-state index contributed by atoms with van der Waals surface area (Å²) in [7, 11) is 1.69. The topological polar surface area (TPSA) is 63.6 Å². The second-order valence-corrected chi connectivity index (χ2v) is 6.23. The molecule has 0 radical (unpaired) electrons. The minimum Gasteiger partial charge on any atom is -0.372 e. The lowest BCUT2D eigenvalue weighted by Crippen LogP contribution is -2.38. The Hall–Kier alpha value is -2.60. The summed E-state index contributed by atoms with van der Waals surface area (Å²) < 4.78 is 7.41. The van der Waals surface area contributed by atoms with Crippen molar-refractivity contribution < 1.29 is 9.53 Å². The van der Waals surface area contributed by atoms with Crippen LogP contribution < -0.4 is 10.9 Å². The van der Waals surface area contributed by atoms with Crippen molar-refractivity contribution in [2.45, 2.75) is 19.4 Å². The van der Waals surface area contributed by atoms with Crippen LogP contribution in [0, 0.1) is 6.92 Å². The molecule has 1 fully saturated rings. The maximum absolute atomic E-state index is 12.5. The van der Waals surface area contributed by atoms with Crippen LogP contribution in [0.3, 0.4) is 0 Å². The molecule has 2 amide bonds. The van der Waals surface area contributed by atoms with Crippen molar-refractivity contribution in [2.75, 3.05) is 25.0 Å². The summed E-state index contributed by atoms with van der Waals surface area (Å²) in [5.41, 5.74) is 2.05. The number of rotatable bonds is 2. The molecule has 1 atom stereocenters. The van der Waals surface area contributed by atoms with Crippen molar-refractivity contribution in [2.24, 2.45) is 7.05 Å². The van der Waals surface area contributed by atoms with Crippen LogP contribution in [0.5, 0.6) is 0 Å². The third-order valence-electron chi connectivity index (χ3n) is 4.60. The van der Waals surface area contributed by atoms with E-state index in [9.17, 15) is 9.59 Å². The number of nitrogens with zero attached hydrogens (tertiary/aromatic N) is 2. The maximum atomic E-state index is 12.5. The van der Waals surface area contributed by atoms with Gasteiger partial charge in [-0.05, 0) is 31.0 Å². The molecule has 0 spiro atoms. The number of hydrogen-bond donors (Lipinski definition) is 1. The lowest BCUT2D eigenvalue weighted by atomic mass is 10.1. The van der Waals surface area contributed by atoms with Crippen LogP contribution in [0.2, 0.25) is 0 Å². The molecule has 1 N–H and O–H groups in total. The van der Waals surface area contributed by atoms with Crippen molar-refractivity contribution in [3.05, 3.63) is 64.1 Å². The van der Waals surface area contributed by atoms with Crippen LogP contribution in [0.1, 0.15) is 23.8 Å². The maximum Gasteiger partial charge on any atom is 0.322 e. The number of pyridine rings is 1. The van der Waals surface area contributed by atoms with E-state index in [2.05, 4.69) is 5.32 Å². The van der Waals surface area contributed by atoms with E-state index in [4.69, 9.17) is 4.74 Å². The Labute approximate surface area is 147 Å². The molecule has 1 aliphatic heterocycles. The molecule has 6 nitrogen and oxygen atoms in total. The quantitative estimate of drug-likeness (QED) is 0.913. The van der Waals surface area contributed by atoms with Gasteiger partial charge in [0.25, 0.3) is 5.56 Å². The number of benzene rings is 1. The summed E-state index contributed by atoms with van der Waals surface area (Å²) >= 11 is 0. The van der Waals surface area contributed by atoms with Gasteiger partial charge in [-0.1, -0.05) is 30.3 Å². The smallest absolute Gasteiger partial charge is 0.322 e. The summed E-state index contributed by atoms with van der Waals surface area (Å²) in [4.78, 5) is 26.4. The zero-order chi connectivity index (χ0) is 17.8. The van der Waals surface area contributed by atoms with Gasteiger partial charge >= 0.3 is 6.03 Å². The number of anilines is 1. The molecule has 132 valence electrons. The molecule has 0 bridgehead atoms. The number of hydrogen-bond acceptors (Lipinski definition) is 3. The van der Waals surface area contributed by atoms with E-state index in [1.54, 1.807) is 18.0 Å². The molecule has 1 aliphatic rings. The van der Waals surface area contributed by atoms with Crippen molar-refractivity contribution in [1.29, 1.82) is 0 Å².